The second-order valence-corrected chi connectivity index (χ2v) is 6.68. The summed E-state index contributed by atoms with van der Waals surface area (Å²) in [5.74, 6) is 0.448. The Kier molecular flexibility index (Phi) is 4.28. The van der Waals surface area contributed by atoms with Gasteiger partial charge in [-0.1, -0.05) is 11.3 Å². The maximum Gasteiger partial charge on any atom is 0.255 e. The molecular weight excluding hydrogens is 369 g/mol. The van der Waals surface area contributed by atoms with E-state index in [0.29, 0.717) is 27.8 Å². The summed E-state index contributed by atoms with van der Waals surface area (Å²) in [7, 11) is 1.52. The minimum Gasteiger partial charge on any atom is -0.495 e. The number of fused-ring (bicyclic) bond motifs is 1. The number of nitrogens with one attached hydrogen (secondary N) is 1. The van der Waals surface area contributed by atoms with E-state index in [4.69, 9.17) is 4.74 Å². The number of amides is 1. The summed E-state index contributed by atoms with van der Waals surface area (Å²) >= 11 is 1.39. The Bertz CT molecular complexity index is 1140. The molecule has 27 heavy (non-hydrogen) atoms. The SMILES string of the molecule is COc1ccc(-c2nn3c(C)nnc3s2)cc1NC(=O)c1ccc(F)cc1. The van der Waals surface area contributed by atoms with E-state index in [-0.39, 0.29) is 5.91 Å². The highest BCUT2D eigenvalue weighted by atomic mass is 32.1. The zero-order valence-corrected chi connectivity index (χ0v) is 15.2. The minimum absolute atomic E-state index is 0.346. The smallest absolute Gasteiger partial charge is 0.255 e. The van der Waals surface area contributed by atoms with Crippen LogP contribution >= 0.6 is 11.3 Å². The summed E-state index contributed by atoms with van der Waals surface area (Å²) in [6, 6.07) is 10.7. The van der Waals surface area contributed by atoms with Gasteiger partial charge in [0, 0.05) is 11.1 Å². The van der Waals surface area contributed by atoms with E-state index in [0.717, 1.165) is 10.6 Å². The van der Waals surface area contributed by atoms with Crippen molar-refractivity contribution in [2.45, 2.75) is 6.92 Å². The molecule has 0 fully saturated rings. The van der Waals surface area contributed by atoms with E-state index in [1.165, 1.54) is 42.7 Å². The summed E-state index contributed by atoms with van der Waals surface area (Å²) < 4.78 is 20.1. The van der Waals surface area contributed by atoms with Crippen LogP contribution in [0.2, 0.25) is 0 Å². The molecule has 0 spiro atoms. The number of anilines is 1. The standard InChI is InChI=1S/C18H14FN5O2S/c1-10-21-22-18-24(10)23-17(27-18)12-5-8-15(26-2)14(9-12)20-16(25)11-3-6-13(19)7-4-11/h3-9H,1-2H3,(H,20,25). The Hall–Kier alpha value is -3.33. The second-order valence-electron chi connectivity index (χ2n) is 5.72. The summed E-state index contributed by atoms with van der Waals surface area (Å²) in [5, 5.41) is 16.1. The van der Waals surface area contributed by atoms with Crippen LogP contribution in [0.15, 0.2) is 42.5 Å². The molecule has 1 N–H and O–H groups in total. The molecule has 0 atom stereocenters. The molecule has 2 aromatic carbocycles. The van der Waals surface area contributed by atoms with E-state index in [9.17, 15) is 9.18 Å². The first-order valence-electron chi connectivity index (χ1n) is 7.99. The van der Waals surface area contributed by atoms with Crippen molar-refractivity contribution in [1.82, 2.24) is 19.8 Å². The number of ether oxygens (including phenoxy) is 1. The number of nitrogens with zero attached hydrogens (tertiary/aromatic N) is 4. The van der Waals surface area contributed by atoms with E-state index in [1.54, 1.807) is 16.6 Å². The van der Waals surface area contributed by atoms with Crippen molar-refractivity contribution < 1.29 is 13.9 Å². The Morgan fingerprint density at radius 3 is 2.67 bits per heavy atom. The lowest BCUT2D eigenvalue weighted by atomic mass is 10.1. The lowest BCUT2D eigenvalue weighted by Crippen LogP contribution is -2.12. The number of carbonyl (C=O) groups is 1. The van der Waals surface area contributed by atoms with Crippen LogP contribution in [0.5, 0.6) is 5.75 Å². The molecule has 4 aromatic rings. The predicted molar refractivity (Wildman–Crippen MR) is 99.7 cm³/mol. The van der Waals surface area contributed by atoms with Gasteiger partial charge in [-0.15, -0.1) is 10.2 Å². The summed E-state index contributed by atoms with van der Waals surface area (Å²) in [4.78, 5) is 13.2. The molecule has 0 aliphatic heterocycles. The molecule has 0 saturated heterocycles. The Morgan fingerprint density at radius 2 is 1.96 bits per heavy atom. The number of rotatable bonds is 4. The monoisotopic (exact) mass is 383 g/mol. The average molecular weight is 383 g/mol. The highest BCUT2D eigenvalue weighted by molar-refractivity contribution is 7.19. The largest absolute Gasteiger partial charge is 0.495 e. The maximum absolute atomic E-state index is 13.1. The Morgan fingerprint density at radius 1 is 1.19 bits per heavy atom. The molecule has 0 saturated carbocycles. The van der Waals surface area contributed by atoms with E-state index in [1.807, 2.05) is 13.0 Å². The molecule has 0 radical (unpaired) electrons. The molecule has 136 valence electrons. The molecule has 1 amide bonds. The zero-order chi connectivity index (χ0) is 19.0. The molecule has 0 bridgehead atoms. The fourth-order valence-electron chi connectivity index (χ4n) is 2.57. The number of benzene rings is 2. The summed E-state index contributed by atoms with van der Waals surface area (Å²) in [5.41, 5.74) is 1.64. The topological polar surface area (TPSA) is 81.4 Å². The van der Waals surface area contributed by atoms with Crippen molar-refractivity contribution in [1.29, 1.82) is 0 Å². The fourth-order valence-corrected chi connectivity index (χ4v) is 3.45. The molecule has 0 aliphatic carbocycles. The normalized spacial score (nSPS) is 10.9. The molecule has 2 aromatic heterocycles. The maximum atomic E-state index is 13.1. The molecule has 9 heteroatoms. The lowest BCUT2D eigenvalue weighted by molar-refractivity contribution is 0.102. The van der Waals surface area contributed by atoms with E-state index < -0.39 is 5.82 Å². The van der Waals surface area contributed by atoms with Gasteiger partial charge in [-0.25, -0.2) is 4.39 Å². The van der Waals surface area contributed by atoms with Gasteiger partial charge in [0.25, 0.3) is 5.91 Å². The number of carbonyl (C=O) groups excluding carboxylic acids is 1. The van der Waals surface area contributed by atoms with Gasteiger partial charge in [-0.05, 0) is 49.4 Å². The van der Waals surface area contributed by atoms with Crippen LogP contribution < -0.4 is 10.1 Å². The fraction of sp³-hybridized carbons (Fsp3) is 0.111. The van der Waals surface area contributed by atoms with Gasteiger partial charge in [0.15, 0.2) is 5.82 Å². The van der Waals surface area contributed by atoms with Crippen molar-refractivity contribution >= 4 is 27.9 Å². The third kappa shape index (κ3) is 3.24. The predicted octanol–water partition coefficient (Wildman–Crippen LogP) is 3.56. The van der Waals surface area contributed by atoms with Crippen LogP contribution in [-0.2, 0) is 0 Å². The first kappa shape index (κ1) is 17.1. The highest BCUT2D eigenvalue weighted by Gasteiger charge is 2.15. The van der Waals surface area contributed by atoms with Crippen molar-refractivity contribution in [2.75, 3.05) is 12.4 Å². The molecule has 2 heterocycles. The van der Waals surface area contributed by atoms with Crippen LogP contribution in [0.1, 0.15) is 16.2 Å². The van der Waals surface area contributed by atoms with Crippen molar-refractivity contribution in [3.63, 3.8) is 0 Å². The number of aromatic nitrogens is 4. The molecule has 7 nitrogen and oxygen atoms in total. The van der Waals surface area contributed by atoms with Crippen LogP contribution in [0.25, 0.3) is 15.5 Å². The van der Waals surface area contributed by atoms with Gasteiger partial charge in [0.2, 0.25) is 4.96 Å². The van der Waals surface area contributed by atoms with Gasteiger partial charge < -0.3 is 10.1 Å². The molecular formula is C18H14FN5O2S. The van der Waals surface area contributed by atoms with Crippen LogP contribution in [0.3, 0.4) is 0 Å². The zero-order valence-electron chi connectivity index (χ0n) is 14.4. The van der Waals surface area contributed by atoms with Gasteiger partial charge in [-0.2, -0.15) is 9.61 Å². The molecule has 0 unspecified atom stereocenters. The molecule has 4 rings (SSSR count). The number of aryl methyl sites for hydroxylation is 1. The summed E-state index contributed by atoms with van der Waals surface area (Å²) in [6.07, 6.45) is 0. The number of hydrogen-bond donors (Lipinski definition) is 1. The van der Waals surface area contributed by atoms with E-state index >= 15 is 0 Å². The third-order valence-corrected chi connectivity index (χ3v) is 4.90. The van der Waals surface area contributed by atoms with Gasteiger partial charge in [0.1, 0.15) is 16.6 Å². The quantitative estimate of drug-likeness (QED) is 0.583. The number of methoxy groups -OCH3 is 1. The average Bonchev–Trinajstić information content (AvgIpc) is 3.24. The summed E-state index contributed by atoms with van der Waals surface area (Å²) in [6.45, 7) is 1.83. The van der Waals surface area contributed by atoms with Crippen LogP contribution in [0, 0.1) is 12.7 Å². The molecule has 0 aliphatic rings. The minimum atomic E-state index is -0.398. The van der Waals surface area contributed by atoms with Crippen molar-refractivity contribution in [3.05, 3.63) is 59.7 Å². The first-order valence-corrected chi connectivity index (χ1v) is 8.81. The lowest BCUT2D eigenvalue weighted by Gasteiger charge is -2.11. The van der Waals surface area contributed by atoms with Gasteiger partial charge in [-0.3, -0.25) is 4.79 Å². The first-order chi connectivity index (χ1) is 13.0. The van der Waals surface area contributed by atoms with Crippen LogP contribution in [0.4, 0.5) is 10.1 Å². The van der Waals surface area contributed by atoms with Crippen molar-refractivity contribution in [2.24, 2.45) is 0 Å². The van der Waals surface area contributed by atoms with E-state index in [2.05, 4.69) is 20.6 Å². The van der Waals surface area contributed by atoms with Crippen molar-refractivity contribution in [3.8, 4) is 16.3 Å². The highest BCUT2D eigenvalue weighted by Crippen LogP contribution is 2.33. The third-order valence-electron chi connectivity index (χ3n) is 3.95. The van der Waals surface area contributed by atoms with Crippen LogP contribution in [-0.4, -0.2) is 32.8 Å². The second kappa shape index (κ2) is 6.76. The Balaban J connectivity index is 1.68. The van der Waals surface area contributed by atoms with Gasteiger partial charge >= 0.3 is 0 Å². The number of halogens is 1. The Labute approximate surface area is 157 Å². The van der Waals surface area contributed by atoms with Gasteiger partial charge in [0.05, 0.1) is 12.8 Å². The number of hydrogen-bond acceptors (Lipinski definition) is 6.